The third-order valence-electron chi connectivity index (χ3n) is 5.03. The van der Waals surface area contributed by atoms with Gasteiger partial charge >= 0.3 is 0 Å². The molecule has 1 atom stereocenters. The lowest BCUT2D eigenvalue weighted by molar-refractivity contribution is -0.925. The van der Waals surface area contributed by atoms with Crippen LogP contribution in [0, 0.1) is 0 Å². The van der Waals surface area contributed by atoms with Crippen molar-refractivity contribution in [3.63, 3.8) is 0 Å². The van der Waals surface area contributed by atoms with Gasteiger partial charge in [-0.25, -0.2) is 8.42 Å². The third kappa shape index (κ3) is 4.38. The van der Waals surface area contributed by atoms with Gasteiger partial charge in [-0.15, -0.1) is 0 Å². The second-order valence-electron chi connectivity index (χ2n) is 7.10. The van der Waals surface area contributed by atoms with E-state index in [9.17, 15) is 13.2 Å². The average Bonchev–Trinajstić information content (AvgIpc) is 2.69. The zero-order chi connectivity index (χ0) is 20.3. The van der Waals surface area contributed by atoms with Gasteiger partial charge in [-0.1, -0.05) is 48.0 Å². The Morgan fingerprint density at radius 3 is 2.29 bits per heavy atom. The van der Waals surface area contributed by atoms with Gasteiger partial charge in [0.1, 0.15) is 0 Å². The number of piperazine rings is 1. The van der Waals surface area contributed by atoms with E-state index in [1.54, 1.807) is 37.2 Å². The van der Waals surface area contributed by atoms with Gasteiger partial charge in [-0.2, -0.15) is 4.31 Å². The molecule has 150 valence electrons. The van der Waals surface area contributed by atoms with Gasteiger partial charge in [0.15, 0.2) is 6.04 Å². The molecule has 3 rings (SSSR count). The van der Waals surface area contributed by atoms with Gasteiger partial charge in [0.2, 0.25) is 10.0 Å². The van der Waals surface area contributed by atoms with Crippen LogP contribution in [0.3, 0.4) is 0 Å². The van der Waals surface area contributed by atoms with Crippen molar-refractivity contribution in [1.29, 1.82) is 0 Å². The van der Waals surface area contributed by atoms with Crippen LogP contribution in [0.4, 0.5) is 0 Å². The SMILES string of the molecule is CN(C)C(=O)[C@H](c1ccccc1)[NH+]1CCN(S(=O)(=O)c2cccc(Cl)c2)CC1. The molecule has 1 fully saturated rings. The van der Waals surface area contributed by atoms with Crippen LogP contribution in [0.15, 0.2) is 59.5 Å². The first-order chi connectivity index (χ1) is 13.3. The molecular formula is C20H25ClN3O3S+. The van der Waals surface area contributed by atoms with Gasteiger partial charge in [0, 0.05) is 24.7 Å². The smallest absolute Gasteiger partial charge is 0.285 e. The number of hydrogen-bond acceptors (Lipinski definition) is 3. The molecule has 28 heavy (non-hydrogen) atoms. The number of nitrogens with zero attached hydrogens (tertiary/aromatic N) is 2. The van der Waals surface area contributed by atoms with Crippen molar-refractivity contribution in [2.45, 2.75) is 10.9 Å². The van der Waals surface area contributed by atoms with E-state index in [-0.39, 0.29) is 16.8 Å². The highest BCUT2D eigenvalue weighted by molar-refractivity contribution is 7.89. The van der Waals surface area contributed by atoms with Gasteiger partial charge in [0.25, 0.3) is 5.91 Å². The quantitative estimate of drug-likeness (QED) is 0.783. The van der Waals surface area contributed by atoms with Crippen LogP contribution in [0.1, 0.15) is 11.6 Å². The molecule has 8 heteroatoms. The highest BCUT2D eigenvalue weighted by Crippen LogP contribution is 2.20. The molecule has 1 aliphatic heterocycles. The van der Waals surface area contributed by atoms with Crippen LogP contribution in [0.25, 0.3) is 0 Å². The predicted octanol–water partition coefficient (Wildman–Crippen LogP) is 1.06. The average molecular weight is 423 g/mol. The number of carbonyl (C=O) groups excluding carboxylic acids is 1. The lowest BCUT2D eigenvalue weighted by Crippen LogP contribution is -3.16. The molecule has 1 N–H and O–H groups in total. The molecule has 0 aromatic heterocycles. The fourth-order valence-corrected chi connectivity index (χ4v) is 5.28. The Bertz CT molecular complexity index is 927. The minimum absolute atomic E-state index is 0.0207. The summed E-state index contributed by atoms with van der Waals surface area (Å²) in [7, 11) is -0.0995. The van der Waals surface area contributed by atoms with E-state index >= 15 is 0 Å². The van der Waals surface area contributed by atoms with Crippen molar-refractivity contribution in [2.75, 3.05) is 40.3 Å². The number of amides is 1. The summed E-state index contributed by atoms with van der Waals surface area (Å²) < 4.78 is 27.3. The maximum atomic E-state index is 12.9. The third-order valence-corrected chi connectivity index (χ3v) is 7.16. The topological polar surface area (TPSA) is 62.1 Å². The van der Waals surface area contributed by atoms with E-state index < -0.39 is 10.0 Å². The van der Waals surface area contributed by atoms with E-state index in [0.29, 0.717) is 31.2 Å². The van der Waals surface area contributed by atoms with Gasteiger partial charge in [0.05, 0.1) is 31.1 Å². The van der Waals surface area contributed by atoms with E-state index in [1.807, 2.05) is 30.3 Å². The fourth-order valence-electron chi connectivity index (χ4n) is 3.54. The molecule has 2 aromatic carbocycles. The van der Waals surface area contributed by atoms with Crippen molar-refractivity contribution in [3.05, 3.63) is 65.2 Å². The van der Waals surface area contributed by atoms with E-state index in [0.717, 1.165) is 10.5 Å². The molecule has 0 aliphatic carbocycles. The second-order valence-corrected chi connectivity index (χ2v) is 9.47. The molecule has 0 bridgehead atoms. The number of benzene rings is 2. The maximum absolute atomic E-state index is 12.9. The van der Waals surface area contributed by atoms with E-state index in [4.69, 9.17) is 11.6 Å². The van der Waals surface area contributed by atoms with E-state index in [2.05, 4.69) is 0 Å². The van der Waals surface area contributed by atoms with Crippen LogP contribution < -0.4 is 4.90 Å². The summed E-state index contributed by atoms with van der Waals surface area (Å²) in [6.45, 7) is 1.82. The Kier molecular flexibility index (Phi) is 6.40. The minimum Gasteiger partial charge on any atom is -0.343 e. The molecule has 1 heterocycles. The van der Waals surface area contributed by atoms with Crippen molar-refractivity contribution in [2.24, 2.45) is 0 Å². The Hall–Kier alpha value is -1.93. The molecule has 2 aromatic rings. The molecule has 0 saturated carbocycles. The molecule has 6 nitrogen and oxygen atoms in total. The molecule has 0 spiro atoms. The Morgan fingerprint density at radius 2 is 1.71 bits per heavy atom. The summed E-state index contributed by atoms with van der Waals surface area (Å²) in [6, 6.07) is 15.6. The normalized spacial score (nSPS) is 17.2. The van der Waals surface area contributed by atoms with Gasteiger partial charge in [-0.3, -0.25) is 4.79 Å². The summed E-state index contributed by atoms with van der Waals surface area (Å²) in [5, 5.41) is 0.394. The summed E-state index contributed by atoms with van der Waals surface area (Å²) in [5.74, 6) is 0.0207. The zero-order valence-electron chi connectivity index (χ0n) is 16.0. The molecule has 1 saturated heterocycles. The zero-order valence-corrected chi connectivity index (χ0v) is 17.6. The molecule has 1 amide bonds. The number of nitrogens with one attached hydrogen (secondary N) is 1. The Balaban J connectivity index is 1.78. The van der Waals surface area contributed by atoms with Crippen molar-refractivity contribution >= 4 is 27.5 Å². The number of likely N-dealkylation sites (N-methyl/N-ethyl adjacent to an activating group) is 1. The summed E-state index contributed by atoms with van der Waals surface area (Å²) in [5.41, 5.74) is 0.947. The predicted molar refractivity (Wildman–Crippen MR) is 109 cm³/mol. The molecule has 0 radical (unpaired) electrons. The molecule has 0 unspecified atom stereocenters. The van der Waals surface area contributed by atoms with Crippen LogP contribution in [0.5, 0.6) is 0 Å². The molecule has 1 aliphatic rings. The second kappa shape index (κ2) is 8.61. The maximum Gasteiger partial charge on any atom is 0.285 e. The van der Waals surface area contributed by atoms with Crippen molar-refractivity contribution < 1.29 is 18.1 Å². The number of sulfonamides is 1. The Morgan fingerprint density at radius 1 is 1.07 bits per heavy atom. The molecular weight excluding hydrogens is 398 g/mol. The largest absolute Gasteiger partial charge is 0.343 e. The van der Waals surface area contributed by atoms with Crippen LogP contribution in [0.2, 0.25) is 5.02 Å². The van der Waals surface area contributed by atoms with Crippen LogP contribution in [-0.4, -0.2) is 63.8 Å². The number of hydrogen-bond donors (Lipinski definition) is 1. The van der Waals surface area contributed by atoms with Crippen LogP contribution >= 0.6 is 11.6 Å². The first-order valence-corrected chi connectivity index (χ1v) is 11.0. The van der Waals surface area contributed by atoms with Crippen molar-refractivity contribution in [3.8, 4) is 0 Å². The van der Waals surface area contributed by atoms with E-state index in [1.165, 1.54) is 10.4 Å². The number of rotatable bonds is 5. The number of halogens is 1. The van der Waals surface area contributed by atoms with Crippen LogP contribution in [-0.2, 0) is 14.8 Å². The van der Waals surface area contributed by atoms with Gasteiger partial charge in [-0.05, 0) is 18.2 Å². The summed E-state index contributed by atoms with van der Waals surface area (Å²) >= 11 is 5.96. The highest BCUT2D eigenvalue weighted by Gasteiger charge is 2.38. The monoisotopic (exact) mass is 422 g/mol. The number of quaternary nitrogens is 1. The lowest BCUT2D eigenvalue weighted by Gasteiger charge is -2.36. The fraction of sp³-hybridized carbons (Fsp3) is 0.350. The highest BCUT2D eigenvalue weighted by atomic mass is 35.5. The first kappa shape index (κ1) is 20.8. The first-order valence-electron chi connectivity index (χ1n) is 9.17. The lowest BCUT2D eigenvalue weighted by atomic mass is 10.0. The summed E-state index contributed by atoms with van der Waals surface area (Å²) in [4.78, 5) is 15.7. The van der Waals surface area contributed by atoms with Gasteiger partial charge < -0.3 is 9.80 Å². The standard InChI is InChI=1S/C20H24ClN3O3S/c1-22(2)20(25)19(16-7-4-3-5-8-16)23-11-13-24(14-12-23)28(26,27)18-10-6-9-17(21)15-18/h3-10,15,19H,11-14H2,1-2H3/p+1/t19-/m0/s1. The number of carbonyl (C=O) groups is 1. The van der Waals surface area contributed by atoms with Crippen molar-refractivity contribution in [1.82, 2.24) is 9.21 Å². The summed E-state index contributed by atoms with van der Waals surface area (Å²) in [6.07, 6.45) is 0. The Labute approximate surface area is 171 Å². The minimum atomic E-state index is -3.59.